The summed E-state index contributed by atoms with van der Waals surface area (Å²) in [7, 11) is 0. The first-order chi connectivity index (χ1) is 11.1. The first-order valence-corrected chi connectivity index (χ1v) is 7.12. The van der Waals surface area contributed by atoms with Gasteiger partial charge in [-0.15, -0.1) is 0 Å². The van der Waals surface area contributed by atoms with Gasteiger partial charge in [-0.05, 0) is 43.7 Å². The number of nitrogens with zero attached hydrogens (tertiary/aromatic N) is 4. The molecule has 7 nitrogen and oxygen atoms in total. The van der Waals surface area contributed by atoms with Crippen molar-refractivity contribution in [2.45, 2.75) is 13.8 Å². The Bertz CT molecular complexity index is 766. The lowest BCUT2D eigenvalue weighted by Gasteiger charge is -2.12. The van der Waals surface area contributed by atoms with E-state index in [4.69, 9.17) is 5.73 Å². The molecule has 0 fully saturated rings. The van der Waals surface area contributed by atoms with Gasteiger partial charge in [0, 0.05) is 11.9 Å². The molecule has 23 heavy (non-hydrogen) atoms. The number of nitrogens with one attached hydrogen (secondary N) is 2. The third-order valence-electron chi connectivity index (χ3n) is 3.18. The fourth-order valence-corrected chi connectivity index (χ4v) is 2.05. The van der Waals surface area contributed by atoms with Gasteiger partial charge < -0.3 is 16.4 Å². The van der Waals surface area contributed by atoms with Crippen LogP contribution < -0.4 is 16.4 Å². The molecule has 0 aliphatic rings. The second-order valence-corrected chi connectivity index (χ2v) is 5.12. The Balaban J connectivity index is 1.86. The minimum Gasteiger partial charge on any atom is -0.393 e. The second kappa shape index (κ2) is 6.27. The minimum atomic E-state index is 0.402. The number of nitrogens with two attached hydrogens (primary N) is 1. The van der Waals surface area contributed by atoms with Gasteiger partial charge >= 0.3 is 0 Å². The molecule has 0 saturated carbocycles. The lowest BCUT2D eigenvalue weighted by atomic mass is 10.3. The molecule has 7 heteroatoms. The normalized spacial score (nSPS) is 10.3. The molecule has 0 atom stereocenters. The highest BCUT2D eigenvalue weighted by atomic mass is 15.1. The maximum absolute atomic E-state index is 6.15. The van der Waals surface area contributed by atoms with E-state index in [0.717, 1.165) is 11.3 Å². The van der Waals surface area contributed by atoms with Gasteiger partial charge in [0.25, 0.3) is 0 Å². The summed E-state index contributed by atoms with van der Waals surface area (Å²) in [6, 6.07) is 9.52. The number of anilines is 5. The molecule has 4 N–H and O–H groups in total. The molecular weight excluding hydrogens is 290 g/mol. The van der Waals surface area contributed by atoms with Gasteiger partial charge in [-0.2, -0.15) is 0 Å². The molecule has 116 valence electrons. The summed E-state index contributed by atoms with van der Waals surface area (Å²) in [5.74, 6) is 2.34. The number of aryl methyl sites for hydroxylation is 2. The van der Waals surface area contributed by atoms with E-state index in [1.165, 1.54) is 6.33 Å². The average Bonchev–Trinajstić information content (AvgIpc) is 2.51. The van der Waals surface area contributed by atoms with Crippen LogP contribution in [0.4, 0.5) is 29.0 Å². The van der Waals surface area contributed by atoms with Crippen LogP contribution in [-0.2, 0) is 0 Å². The smallest absolute Gasteiger partial charge is 0.160 e. The highest BCUT2D eigenvalue weighted by Crippen LogP contribution is 2.27. The van der Waals surface area contributed by atoms with Crippen LogP contribution in [0, 0.1) is 13.8 Å². The van der Waals surface area contributed by atoms with E-state index in [2.05, 4.69) is 30.6 Å². The third-order valence-corrected chi connectivity index (χ3v) is 3.18. The molecule has 0 aromatic carbocycles. The summed E-state index contributed by atoms with van der Waals surface area (Å²) in [5, 5.41) is 6.21. The van der Waals surface area contributed by atoms with Crippen molar-refractivity contribution in [3.05, 3.63) is 54.1 Å². The first-order valence-electron chi connectivity index (χ1n) is 7.12. The van der Waals surface area contributed by atoms with Gasteiger partial charge in [-0.3, -0.25) is 0 Å². The van der Waals surface area contributed by atoms with Crippen molar-refractivity contribution in [3.63, 3.8) is 0 Å². The molecule has 3 rings (SSSR count). The summed E-state index contributed by atoms with van der Waals surface area (Å²) >= 11 is 0. The predicted octanol–water partition coefficient (Wildman–Crippen LogP) is 2.95. The molecule has 0 aliphatic carbocycles. The maximum Gasteiger partial charge on any atom is 0.160 e. The van der Waals surface area contributed by atoms with Crippen molar-refractivity contribution in [3.8, 4) is 0 Å². The molecule has 0 bridgehead atoms. The van der Waals surface area contributed by atoms with Crippen LogP contribution in [0.5, 0.6) is 0 Å². The average molecular weight is 307 g/mol. The van der Waals surface area contributed by atoms with E-state index in [9.17, 15) is 0 Å². The topological polar surface area (TPSA) is 102 Å². The van der Waals surface area contributed by atoms with E-state index >= 15 is 0 Å². The van der Waals surface area contributed by atoms with E-state index in [1.807, 2.05) is 44.2 Å². The quantitative estimate of drug-likeness (QED) is 0.681. The zero-order valence-electron chi connectivity index (χ0n) is 12.9. The van der Waals surface area contributed by atoms with Crippen molar-refractivity contribution in [2.75, 3.05) is 16.4 Å². The van der Waals surface area contributed by atoms with Crippen LogP contribution in [0.2, 0.25) is 0 Å². The zero-order chi connectivity index (χ0) is 16.2. The summed E-state index contributed by atoms with van der Waals surface area (Å²) in [6.45, 7) is 3.91. The molecule has 3 heterocycles. The lowest BCUT2D eigenvalue weighted by Crippen LogP contribution is -2.06. The maximum atomic E-state index is 6.15. The molecule has 0 radical (unpaired) electrons. The SMILES string of the molecule is Cc1ccnc(Nc2ncnc(Nc3cccc(C)n3)c2N)c1. The second-order valence-electron chi connectivity index (χ2n) is 5.12. The standard InChI is InChI=1S/C16H17N7/c1-10-6-7-18-13(8-10)23-16-14(17)15(19-9-20-16)22-12-5-3-4-11(2)21-12/h3-9H,17H2,1-2H3,(H2,18,19,20,21,22,23). The van der Waals surface area contributed by atoms with Gasteiger partial charge in [0.15, 0.2) is 11.6 Å². The van der Waals surface area contributed by atoms with Crippen LogP contribution in [0.3, 0.4) is 0 Å². The number of nitrogen functional groups attached to an aromatic ring is 1. The van der Waals surface area contributed by atoms with Crippen molar-refractivity contribution in [1.82, 2.24) is 19.9 Å². The van der Waals surface area contributed by atoms with E-state index in [0.29, 0.717) is 29.0 Å². The van der Waals surface area contributed by atoms with Crippen LogP contribution in [-0.4, -0.2) is 19.9 Å². The molecule has 0 aliphatic heterocycles. The van der Waals surface area contributed by atoms with E-state index in [1.54, 1.807) is 6.20 Å². The number of rotatable bonds is 4. The summed E-state index contributed by atoms with van der Waals surface area (Å²) in [6.07, 6.45) is 3.16. The molecule has 0 saturated heterocycles. The fourth-order valence-electron chi connectivity index (χ4n) is 2.05. The minimum absolute atomic E-state index is 0.402. The van der Waals surface area contributed by atoms with Gasteiger partial charge in [-0.25, -0.2) is 19.9 Å². The Morgan fingerprint density at radius 1 is 0.913 bits per heavy atom. The molecule has 3 aromatic rings. The lowest BCUT2D eigenvalue weighted by molar-refractivity contribution is 1.14. The Labute approximate surface area is 134 Å². The molecule has 0 spiro atoms. The largest absolute Gasteiger partial charge is 0.393 e. The van der Waals surface area contributed by atoms with Crippen LogP contribution in [0.25, 0.3) is 0 Å². The first kappa shape index (κ1) is 14.7. The Morgan fingerprint density at radius 3 is 2.35 bits per heavy atom. The van der Waals surface area contributed by atoms with Gasteiger partial charge in [0.05, 0.1) is 0 Å². The number of hydrogen-bond donors (Lipinski definition) is 3. The molecular formula is C16H17N7. The molecule has 0 amide bonds. The van der Waals surface area contributed by atoms with Crippen LogP contribution in [0.1, 0.15) is 11.3 Å². The Kier molecular flexibility index (Phi) is 4.01. The monoisotopic (exact) mass is 307 g/mol. The molecule has 0 unspecified atom stereocenters. The predicted molar refractivity (Wildman–Crippen MR) is 91.0 cm³/mol. The Hall–Kier alpha value is -3.22. The van der Waals surface area contributed by atoms with Crippen molar-refractivity contribution in [2.24, 2.45) is 0 Å². The highest BCUT2D eigenvalue weighted by molar-refractivity contribution is 5.79. The van der Waals surface area contributed by atoms with Crippen molar-refractivity contribution >= 4 is 29.0 Å². The number of hydrogen-bond acceptors (Lipinski definition) is 7. The zero-order valence-corrected chi connectivity index (χ0v) is 12.9. The van der Waals surface area contributed by atoms with Crippen molar-refractivity contribution in [1.29, 1.82) is 0 Å². The summed E-state index contributed by atoms with van der Waals surface area (Å²) in [4.78, 5) is 17.0. The Morgan fingerprint density at radius 2 is 1.65 bits per heavy atom. The highest BCUT2D eigenvalue weighted by Gasteiger charge is 2.09. The third kappa shape index (κ3) is 3.52. The van der Waals surface area contributed by atoms with Gasteiger partial charge in [0.1, 0.15) is 23.7 Å². The summed E-state index contributed by atoms with van der Waals surface area (Å²) < 4.78 is 0. The van der Waals surface area contributed by atoms with Crippen molar-refractivity contribution < 1.29 is 0 Å². The van der Waals surface area contributed by atoms with Gasteiger partial charge in [-0.1, -0.05) is 6.07 Å². The summed E-state index contributed by atoms with van der Waals surface area (Å²) in [5.41, 5.74) is 8.55. The molecule has 3 aromatic heterocycles. The van der Waals surface area contributed by atoms with Gasteiger partial charge in [0.2, 0.25) is 0 Å². The number of pyridine rings is 2. The van der Waals surface area contributed by atoms with E-state index < -0.39 is 0 Å². The van der Waals surface area contributed by atoms with Crippen LogP contribution in [0.15, 0.2) is 42.9 Å². The van der Waals surface area contributed by atoms with Crippen LogP contribution >= 0.6 is 0 Å². The number of aromatic nitrogens is 4. The van der Waals surface area contributed by atoms with E-state index in [-0.39, 0.29) is 0 Å². The fraction of sp³-hybridized carbons (Fsp3) is 0.125.